The molecule has 0 aromatic carbocycles. The summed E-state index contributed by atoms with van der Waals surface area (Å²) in [6.45, 7) is 2.55. The molecule has 1 unspecified atom stereocenters. The topological polar surface area (TPSA) is 69.6 Å². The Hall–Kier alpha value is 2.77. The van der Waals surface area contributed by atoms with Crippen LogP contribution in [0.25, 0.3) is 0 Å². The minimum Gasteiger partial charge on any atom is -1.00 e. The predicted octanol–water partition coefficient (Wildman–Crippen LogP) is -0.334. The van der Waals surface area contributed by atoms with Gasteiger partial charge in [-0.05, 0) is 19.4 Å². The van der Waals surface area contributed by atoms with Gasteiger partial charge in [0.25, 0.3) is 0 Å². The summed E-state index contributed by atoms with van der Waals surface area (Å²) in [5.74, 6) is -0.896. The van der Waals surface area contributed by atoms with Crippen molar-refractivity contribution in [1.29, 1.82) is 0 Å². The molecule has 0 saturated carbocycles. The van der Waals surface area contributed by atoms with E-state index in [9.17, 15) is 4.79 Å². The smallest absolute Gasteiger partial charge is 1.00 e. The molecule has 1 atom stereocenters. The van der Waals surface area contributed by atoms with E-state index in [1.165, 1.54) is 0 Å². The number of nitrogens with one attached hydrogen (secondary N) is 1. The van der Waals surface area contributed by atoms with Gasteiger partial charge >= 0.3 is 43.7 Å². The van der Waals surface area contributed by atoms with E-state index in [0.29, 0.717) is 6.54 Å². The van der Waals surface area contributed by atoms with E-state index in [0.717, 1.165) is 6.42 Å². The summed E-state index contributed by atoms with van der Waals surface area (Å²) in [6, 6.07) is -0.597. The first kappa shape index (κ1) is 21.1. The number of aliphatic carboxylic acids is 1. The van der Waals surface area contributed by atoms with Crippen molar-refractivity contribution in [3.63, 3.8) is 0 Å². The van der Waals surface area contributed by atoms with Crippen LogP contribution in [0.1, 0.15) is 22.6 Å². The molecule has 3 N–H and O–H groups in total. The van der Waals surface area contributed by atoms with E-state index >= 15 is 0 Å². The Morgan fingerprint density at radius 1 is 1.62 bits per heavy atom. The molecule has 0 radical (unpaired) electrons. The molecule has 4 nitrogen and oxygen atoms in total. The van der Waals surface area contributed by atoms with Crippen LogP contribution in [0.15, 0.2) is 0 Å². The van der Waals surface area contributed by atoms with Gasteiger partial charge in [0.05, 0.1) is 0 Å². The quantitative estimate of drug-likeness (QED) is 0.510. The first-order chi connectivity index (χ1) is 5.22. The average molecular weight is 425 g/mol. The third-order valence-corrected chi connectivity index (χ3v) is 1.36. The van der Waals surface area contributed by atoms with E-state index in [-0.39, 0.29) is 125 Å². The van der Waals surface area contributed by atoms with E-state index in [1.54, 1.807) is 0 Å². The van der Waals surface area contributed by atoms with Gasteiger partial charge in [0.1, 0.15) is 6.04 Å². The van der Waals surface area contributed by atoms with Crippen molar-refractivity contribution >= 4 is 43.7 Å². The van der Waals surface area contributed by atoms with Crippen LogP contribution in [0.5, 0.6) is 0 Å². The predicted molar refractivity (Wildman–Crippen MR) is 49.4 cm³/mol. The van der Waals surface area contributed by atoms with Crippen molar-refractivity contribution in [1.82, 2.24) is 5.32 Å². The monoisotopic (exact) mass is 425 g/mol. The maximum absolute atomic E-state index is 10.4. The molecule has 0 rings (SSSR count). The molecule has 0 bridgehead atoms. The Morgan fingerprint density at radius 2 is 2.15 bits per heavy atom. The molecular weight excluding hydrogens is 408 g/mol. The van der Waals surface area contributed by atoms with Crippen LogP contribution in [0.3, 0.4) is 0 Å². The van der Waals surface area contributed by atoms with Gasteiger partial charge in [-0.1, -0.05) is 6.92 Å². The third-order valence-electron chi connectivity index (χ3n) is 1.36. The second kappa shape index (κ2) is 14.8. The zero-order valence-electron chi connectivity index (χ0n) is 9.77. The second-order valence-electron chi connectivity index (χ2n) is 2.36. The number of carboxylic acid groups (broad SMARTS) is 1. The molecule has 0 fully saturated rings. The summed E-state index contributed by atoms with van der Waals surface area (Å²) < 4.78 is 0. The molecule has 0 heterocycles. The van der Waals surface area contributed by atoms with Gasteiger partial charge in [-0.2, -0.15) is 0 Å². The number of hydrogen-bond donors (Lipinski definition) is 3. The number of carbonyl (C=O) groups is 1. The average Bonchev–Trinajstić information content (AvgIpc) is 1.97. The molecule has 6 heteroatoms. The molecule has 78 valence electrons. The zero-order valence-corrected chi connectivity index (χ0v) is 12.7. The standard InChI is InChI=1S/C7H15NO3.Ca.Rn.2H/c1-2-4-8-6(3-5-9)7(10)11;;;;/h6,8-9H,2-5H2,1H3,(H,10,11);;;;/q;+2;;2*-1. The summed E-state index contributed by atoms with van der Waals surface area (Å²) in [5, 5.41) is 19.8. The molecule has 0 spiro atoms. The fourth-order valence-corrected chi connectivity index (χ4v) is 0.761. The second-order valence-corrected chi connectivity index (χ2v) is 2.36. The van der Waals surface area contributed by atoms with E-state index in [2.05, 4.69) is 5.32 Å². The first-order valence-electron chi connectivity index (χ1n) is 3.79. The molecule has 0 aliphatic heterocycles. The van der Waals surface area contributed by atoms with Crippen molar-refractivity contribution in [2.45, 2.75) is 25.8 Å². The minimum atomic E-state index is -0.896. The number of carboxylic acids is 1. The van der Waals surface area contributed by atoms with Gasteiger partial charge in [-0.25, -0.2) is 0 Å². The number of rotatable bonds is 6. The van der Waals surface area contributed by atoms with Crippen molar-refractivity contribution in [3.8, 4) is 0 Å². The van der Waals surface area contributed by atoms with Crippen LogP contribution in [-0.2, 0) is 4.79 Å². The minimum absolute atomic E-state index is 0. The van der Waals surface area contributed by atoms with E-state index in [4.69, 9.17) is 10.2 Å². The Bertz CT molecular complexity index is 135. The summed E-state index contributed by atoms with van der Waals surface area (Å²) in [5.41, 5.74) is 0. The summed E-state index contributed by atoms with van der Waals surface area (Å²) in [6.07, 6.45) is 1.17. The van der Waals surface area contributed by atoms with Crippen molar-refractivity contribution < 1.29 is 89.7 Å². The van der Waals surface area contributed by atoms with Crippen LogP contribution in [0.2, 0.25) is 0 Å². The zero-order chi connectivity index (χ0) is 8.69. The van der Waals surface area contributed by atoms with Crippen molar-refractivity contribution in [3.05, 3.63) is 0 Å². The van der Waals surface area contributed by atoms with Crippen molar-refractivity contribution in [2.75, 3.05) is 13.2 Å². The van der Waals surface area contributed by atoms with Gasteiger partial charge in [-0.3, -0.25) is 4.79 Å². The third kappa shape index (κ3) is 12.7. The van der Waals surface area contributed by atoms with Gasteiger partial charge in [0.15, 0.2) is 0 Å². The van der Waals surface area contributed by atoms with E-state index < -0.39 is 12.0 Å². The normalized spacial score (nSPS) is 10.9. The van der Waals surface area contributed by atoms with Gasteiger partial charge in [0.2, 0.25) is 0 Å². The number of hydrogen-bond acceptors (Lipinski definition) is 3. The molecule has 0 aliphatic carbocycles. The summed E-state index contributed by atoms with van der Waals surface area (Å²) in [7, 11) is 0. The Balaban J connectivity index is -0.0000000833. The molecule has 0 aromatic rings. The maximum Gasteiger partial charge on any atom is 2.00 e. The molecular formula is C7H17CaNO3Rn. The molecule has 0 saturated heterocycles. The van der Waals surface area contributed by atoms with E-state index in [1.807, 2.05) is 6.92 Å². The van der Waals surface area contributed by atoms with Crippen LogP contribution in [-0.4, -0.2) is 73.1 Å². The Kier molecular flexibility index (Phi) is 24.0. The SMILES string of the molecule is CCCNC(CCO)C(=O)O.[Ca+2].[H-].[H-].[Rn]. The molecule has 13 heavy (non-hydrogen) atoms. The van der Waals surface area contributed by atoms with Crippen LogP contribution in [0.4, 0.5) is 0 Å². The molecule has 0 aliphatic rings. The Morgan fingerprint density at radius 3 is 2.46 bits per heavy atom. The fourth-order valence-electron chi connectivity index (χ4n) is 0.761. The number of aliphatic hydroxyl groups excluding tert-OH is 1. The Labute approximate surface area is 173 Å². The van der Waals surface area contributed by atoms with Crippen molar-refractivity contribution in [2.24, 2.45) is 0 Å². The molecule has 0 amide bonds. The van der Waals surface area contributed by atoms with Crippen LogP contribution < -0.4 is 5.32 Å². The van der Waals surface area contributed by atoms with Crippen LogP contribution >= 0.6 is 0 Å². The molecule has 0 aromatic heterocycles. The van der Waals surface area contributed by atoms with Gasteiger partial charge in [0, 0.05) is 78.5 Å². The first-order valence-corrected chi connectivity index (χ1v) is 3.79. The summed E-state index contributed by atoms with van der Waals surface area (Å²) >= 11 is 0. The van der Waals surface area contributed by atoms with Gasteiger partial charge < -0.3 is 18.4 Å². The maximum atomic E-state index is 10.4. The van der Waals surface area contributed by atoms with Crippen LogP contribution in [0, 0.1) is 71.9 Å². The fraction of sp³-hybridized carbons (Fsp3) is 0.857. The van der Waals surface area contributed by atoms with Gasteiger partial charge in [-0.15, -0.1) is 0 Å². The summed E-state index contributed by atoms with van der Waals surface area (Å²) in [4.78, 5) is 10.4. The largest absolute Gasteiger partial charge is 2.00 e. The number of aliphatic hydroxyl groups is 1.